The van der Waals surface area contributed by atoms with Gasteiger partial charge in [0.1, 0.15) is 11.2 Å². The molecule has 0 aliphatic carbocycles. The minimum atomic E-state index is 0.924. The molecule has 10 aromatic rings. The lowest BCUT2D eigenvalue weighted by Gasteiger charge is -2.28. The Kier molecular flexibility index (Phi) is 6.53. The molecule has 1 aromatic heterocycles. The normalized spacial score (nSPS) is 11.6. The highest BCUT2D eigenvalue weighted by Gasteiger charge is 2.18. The Morgan fingerprint density at radius 2 is 1.00 bits per heavy atom. The van der Waals surface area contributed by atoms with Gasteiger partial charge in [-0.25, -0.2) is 0 Å². The monoisotopic (exact) mass is 637 g/mol. The Bertz CT molecular complexity index is 2870. The van der Waals surface area contributed by atoms with Gasteiger partial charge in [0, 0.05) is 27.7 Å². The van der Waals surface area contributed by atoms with Crippen molar-refractivity contribution >= 4 is 71.3 Å². The van der Waals surface area contributed by atoms with Crippen LogP contribution in [0.1, 0.15) is 0 Å². The number of rotatable bonds is 5. The van der Waals surface area contributed by atoms with Gasteiger partial charge in [0.05, 0.1) is 5.69 Å². The van der Waals surface area contributed by atoms with E-state index in [1.54, 1.807) is 0 Å². The molecule has 9 aromatic carbocycles. The van der Waals surface area contributed by atoms with E-state index in [-0.39, 0.29) is 0 Å². The van der Waals surface area contributed by atoms with Crippen molar-refractivity contribution in [2.75, 3.05) is 4.90 Å². The molecule has 0 amide bonds. The van der Waals surface area contributed by atoms with Crippen molar-refractivity contribution in [3.8, 4) is 22.3 Å². The Morgan fingerprint density at radius 1 is 0.340 bits per heavy atom. The summed E-state index contributed by atoms with van der Waals surface area (Å²) in [5.41, 5.74) is 9.95. The quantitative estimate of drug-likeness (QED) is 0.175. The number of nitrogens with zero attached hydrogens (tertiary/aromatic N) is 1. The number of hydrogen-bond acceptors (Lipinski definition) is 2. The van der Waals surface area contributed by atoms with Gasteiger partial charge >= 0.3 is 0 Å². The molecule has 234 valence electrons. The summed E-state index contributed by atoms with van der Waals surface area (Å²) in [6.07, 6.45) is 0. The minimum absolute atomic E-state index is 0.924. The first-order chi connectivity index (χ1) is 24.8. The predicted molar refractivity (Wildman–Crippen MR) is 212 cm³/mol. The summed E-state index contributed by atoms with van der Waals surface area (Å²) in [5, 5.41) is 9.73. The van der Waals surface area contributed by atoms with E-state index in [1.165, 1.54) is 54.6 Å². The zero-order chi connectivity index (χ0) is 33.0. The summed E-state index contributed by atoms with van der Waals surface area (Å²) >= 11 is 0. The van der Waals surface area contributed by atoms with E-state index in [1.807, 2.05) is 12.1 Å². The summed E-state index contributed by atoms with van der Waals surface area (Å²) in [7, 11) is 0. The number of fused-ring (bicyclic) bond motifs is 8. The van der Waals surface area contributed by atoms with Crippen LogP contribution in [0.15, 0.2) is 192 Å². The van der Waals surface area contributed by atoms with E-state index >= 15 is 0 Å². The number of furan rings is 1. The van der Waals surface area contributed by atoms with Gasteiger partial charge in [-0.3, -0.25) is 0 Å². The zero-order valence-corrected chi connectivity index (χ0v) is 27.3. The van der Waals surface area contributed by atoms with Crippen molar-refractivity contribution in [3.05, 3.63) is 188 Å². The molecule has 0 saturated heterocycles. The summed E-state index contributed by atoms with van der Waals surface area (Å²) < 4.78 is 6.23. The molecule has 0 bridgehead atoms. The Morgan fingerprint density at radius 3 is 1.86 bits per heavy atom. The molecule has 10 rings (SSSR count). The summed E-state index contributed by atoms with van der Waals surface area (Å²) in [6.45, 7) is 0. The Balaban J connectivity index is 1.12. The van der Waals surface area contributed by atoms with Crippen molar-refractivity contribution in [1.82, 2.24) is 0 Å². The maximum absolute atomic E-state index is 6.23. The molecule has 50 heavy (non-hydrogen) atoms. The first kappa shape index (κ1) is 28.4. The van der Waals surface area contributed by atoms with E-state index in [0.717, 1.165) is 39.0 Å². The molecule has 0 fully saturated rings. The maximum atomic E-state index is 6.23. The second kappa shape index (κ2) is 11.5. The second-order valence-electron chi connectivity index (χ2n) is 12.9. The predicted octanol–water partition coefficient (Wildman–Crippen LogP) is 13.8. The van der Waals surface area contributed by atoms with Gasteiger partial charge in [0.2, 0.25) is 0 Å². The highest BCUT2D eigenvalue weighted by atomic mass is 16.3. The molecule has 1 heterocycles. The zero-order valence-electron chi connectivity index (χ0n) is 27.3. The van der Waals surface area contributed by atoms with E-state index in [2.05, 4.69) is 181 Å². The highest BCUT2D eigenvalue weighted by molar-refractivity contribution is 6.23. The average Bonchev–Trinajstić information content (AvgIpc) is 3.55. The Hall–Kier alpha value is -6.64. The van der Waals surface area contributed by atoms with Gasteiger partial charge in [0.15, 0.2) is 0 Å². The molecule has 0 atom stereocenters. The molecule has 0 saturated carbocycles. The van der Waals surface area contributed by atoms with Crippen molar-refractivity contribution in [2.45, 2.75) is 0 Å². The molecule has 2 nitrogen and oxygen atoms in total. The molecular weight excluding hydrogens is 607 g/mol. The first-order valence-electron chi connectivity index (χ1n) is 17.1. The molecule has 0 radical (unpaired) electrons. The lowest BCUT2D eigenvalue weighted by atomic mass is 9.93. The largest absolute Gasteiger partial charge is 0.456 e. The van der Waals surface area contributed by atoms with Crippen molar-refractivity contribution < 1.29 is 4.42 Å². The summed E-state index contributed by atoms with van der Waals surface area (Å²) in [4.78, 5) is 2.37. The molecule has 0 unspecified atom stereocenters. The van der Waals surface area contributed by atoms with Crippen LogP contribution in [-0.2, 0) is 0 Å². The minimum Gasteiger partial charge on any atom is -0.456 e. The maximum Gasteiger partial charge on any atom is 0.136 e. The van der Waals surface area contributed by atoms with Crippen LogP contribution in [0.2, 0.25) is 0 Å². The average molecular weight is 638 g/mol. The first-order valence-corrected chi connectivity index (χ1v) is 17.1. The van der Waals surface area contributed by atoms with Crippen LogP contribution in [0.3, 0.4) is 0 Å². The van der Waals surface area contributed by atoms with Crippen LogP contribution in [-0.4, -0.2) is 0 Å². The van der Waals surface area contributed by atoms with Crippen LogP contribution in [0, 0.1) is 0 Å². The number of benzene rings is 9. The van der Waals surface area contributed by atoms with Crippen LogP contribution < -0.4 is 4.90 Å². The lowest BCUT2D eigenvalue weighted by Crippen LogP contribution is -2.11. The molecule has 2 heteroatoms. The van der Waals surface area contributed by atoms with Gasteiger partial charge in [-0.2, -0.15) is 0 Å². The summed E-state index contributed by atoms with van der Waals surface area (Å²) in [5.74, 6) is 0. The Labute approximate surface area is 290 Å². The van der Waals surface area contributed by atoms with Crippen LogP contribution in [0.4, 0.5) is 17.1 Å². The van der Waals surface area contributed by atoms with E-state index in [9.17, 15) is 0 Å². The van der Waals surface area contributed by atoms with Crippen LogP contribution in [0.5, 0.6) is 0 Å². The van der Waals surface area contributed by atoms with Gasteiger partial charge in [0.25, 0.3) is 0 Å². The van der Waals surface area contributed by atoms with Crippen molar-refractivity contribution in [3.63, 3.8) is 0 Å². The molecule has 0 N–H and O–H groups in total. The number of para-hydroxylation sites is 3. The van der Waals surface area contributed by atoms with Crippen LogP contribution >= 0.6 is 0 Å². The van der Waals surface area contributed by atoms with E-state index < -0.39 is 0 Å². The van der Waals surface area contributed by atoms with Gasteiger partial charge < -0.3 is 9.32 Å². The topological polar surface area (TPSA) is 16.4 Å². The number of anilines is 3. The molecule has 0 aliphatic rings. The SMILES string of the molecule is c1ccc(-c2ccccc2N(c2ccccc2)c2cccc(-c3ccc4c(ccc5ccc6cc7oc8ccccc8c7cc6c54)c3)c2)cc1. The standard InChI is InChI=1S/C48H31NO/c1-3-12-32(13-4-1)40-18-7-9-20-45(40)49(38-15-5-2-6-16-38)39-17-11-14-34(29-39)35-26-27-41-36(28-35)24-22-33-23-25-37-30-47-44(31-43(37)48(33)41)42-19-8-10-21-46(42)50-47/h1-31H. The third-order valence-corrected chi connectivity index (χ3v) is 9.99. The van der Waals surface area contributed by atoms with Gasteiger partial charge in [-0.1, -0.05) is 133 Å². The van der Waals surface area contributed by atoms with Crippen molar-refractivity contribution in [2.24, 2.45) is 0 Å². The van der Waals surface area contributed by atoms with Crippen molar-refractivity contribution in [1.29, 1.82) is 0 Å². The number of hydrogen-bond donors (Lipinski definition) is 0. The fourth-order valence-electron chi connectivity index (χ4n) is 7.65. The lowest BCUT2D eigenvalue weighted by molar-refractivity contribution is 0.669. The van der Waals surface area contributed by atoms with E-state index in [4.69, 9.17) is 4.42 Å². The van der Waals surface area contributed by atoms with Crippen LogP contribution in [0.25, 0.3) is 76.5 Å². The highest BCUT2D eigenvalue weighted by Crippen LogP contribution is 2.43. The second-order valence-corrected chi connectivity index (χ2v) is 12.9. The smallest absolute Gasteiger partial charge is 0.136 e. The molecule has 0 aliphatic heterocycles. The van der Waals surface area contributed by atoms with E-state index in [0.29, 0.717) is 0 Å². The van der Waals surface area contributed by atoms with Gasteiger partial charge in [-0.15, -0.1) is 0 Å². The molecular formula is C48H31NO. The van der Waals surface area contributed by atoms with Gasteiger partial charge in [-0.05, 0) is 104 Å². The fourth-order valence-corrected chi connectivity index (χ4v) is 7.65. The summed E-state index contributed by atoms with van der Waals surface area (Å²) in [6, 6.07) is 67.5. The molecule has 0 spiro atoms. The fraction of sp³-hybridized carbons (Fsp3) is 0. The third-order valence-electron chi connectivity index (χ3n) is 9.99. The third kappa shape index (κ3) is 4.65.